The first-order valence-corrected chi connectivity index (χ1v) is 9.54. The number of allylic oxidation sites excluding steroid dienone is 2. The molecule has 7 nitrogen and oxygen atoms in total. The Kier molecular flexibility index (Phi) is 5.35. The Balaban J connectivity index is 1.60. The third kappa shape index (κ3) is 4.17. The fraction of sp³-hybridized carbons (Fsp3) is 0.333. The summed E-state index contributed by atoms with van der Waals surface area (Å²) in [5.74, 6) is 1.45. The van der Waals surface area contributed by atoms with E-state index in [1.807, 2.05) is 32.2 Å². The van der Waals surface area contributed by atoms with E-state index in [0.29, 0.717) is 23.1 Å². The number of aromatic nitrogens is 2. The van der Waals surface area contributed by atoms with Gasteiger partial charge >= 0.3 is 0 Å². The van der Waals surface area contributed by atoms with Crippen LogP contribution in [-0.4, -0.2) is 42.4 Å². The molecule has 0 spiro atoms. The Morgan fingerprint density at radius 2 is 2.00 bits per heavy atom. The standard InChI is InChI=1S/C21H24FN5O2/c1-14-11-26(12-15(2)29-14)21-23-8-7-20(25-21)27-13-16(6-9-24-27)18-5-4-17(28-3)10-19(18)22/h4-10,13-15,24H,11-12H2,1-3H3/t14-,15+. The van der Waals surface area contributed by atoms with Crippen LogP contribution < -0.4 is 20.1 Å². The molecule has 1 saturated heterocycles. The first kappa shape index (κ1) is 19.2. The smallest absolute Gasteiger partial charge is 0.227 e. The van der Waals surface area contributed by atoms with Gasteiger partial charge in [-0.25, -0.2) is 14.4 Å². The Hall–Kier alpha value is -3.13. The number of hydrogen-bond acceptors (Lipinski definition) is 7. The lowest BCUT2D eigenvalue weighted by Crippen LogP contribution is -2.46. The van der Waals surface area contributed by atoms with Crippen molar-refractivity contribution in [2.45, 2.75) is 26.1 Å². The number of ether oxygens (including phenoxy) is 2. The van der Waals surface area contributed by atoms with Crippen molar-refractivity contribution >= 4 is 17.3 Å². The van der Waals surface area contributed by atoms with E-state index >= 15 is 0 Å². The van der Waals surface area contributed by atoms with Crippen LogP contribution in [0, 0.1) is 5.82 Å². The van der Waals surface area contributed by atoms with Crippen molar-refractivity contribution < 1.29 is 13.9 Å². The minimum absolute atomic E-state index is 0.117. The second-order valence-electron chi connectivity index (χ2n) is 7.14. The second-order valence-corrected chi connectivity index (χ2v) is 7.14. The van der Waals surface area contributed by atoms with Gasteiger partial charge in [0.1, 0.15) is 11.6 Å². The molecular formula is C21H24FN5O2. The Bertz CT molecular complexity index is 938. The lowest BCUT2D eigenvalue weighted by molar-refractivity contribution is -0.00571. The van der Waals surface area contributed by atoms with Crippen LogP contribution in [0.4, 0.5) is 16.2 Å². The second kappa shape index (κ2) is 8.08. The van der Waals surface area contributed by atoms with Crippen molar-refractivity contribution in [3.05, 3.63) is 60.3 Å². The number of nitrogens with zero attached hydrogens (tertiary/aromatic N) is 4. The van der Waals surface area contributed by atoms with E-state index in [0.717, 1.165) is 18.7 Å². The summed E-state index contributed by atoms with van der Waals surface area (Å²) in [6, 6.07) is 6.63. The molecule has 0 bridgehead atoms. The number of rotatable bonds is 4. The van der Waals surface area contributed by atoms with E-state index in [4.69, 9.17) is 14.5 Å². The van der Waals surface area contributed by atoms with Gasteiger partial charge in [0.25, 0.3) is 0 Å². The molecule has 2 aliphatic heterocycles. The van der Waals surface area contributed by atoms with Crippen LogP contribution in [0.25, 0.3) is 5.57 Å². The van der Waals surface area contributed by atoms with Gasteiger partial charge in [0, 0.05) is 55.0 Å². The van der Waals surface area contributed by atoms with Crippen LogP contribution in [0.2, 0.25) is 0 Å². The molecule has 29 heavy (non-hydrogen) atoms. The van der Waals surface area contributed by atoms with Gasteiger partial charge in [0.05, 0.1) is 19.3 Å². The first-order valence-electron chi connectivity index (χ1n) is 9.54. The van der Waals surface area contributed by atoms with Crippen LogP contribution in [0.5, 0.6) is 5.75 Å². The summed E-state index contributed by atoms with van der Waals surface area (Å²) in [6.45, 7) is 5.56. The molecule has 4 rings (SSSR count). The van der Waals surface area contributed by atoms with Crippen molar-refractivity contribution in [3.63, 3.8) is 0 Å². The summed E-state index contributed by atoms with van der Waals surface area (Å²) < 4.78 is 25.4. The summed E-state index contributed by atoms with van der Waals surface area (Å²) in [6.07, 6.45) is 7.33. The van der Waals surface area contributed by atoms with Crippen molar-refractivity contribution in [1.82, 2.24) is 15.4 Å². The molecule has 0 saturated carbocycles. The quantitative estimate of drug-likeness (QED) is 0.850. The summed E-state index contributed by atoms with van der Waals surface area (Å²) in [7, 11) is 1.52. The zero-order valence-corrected chi connectivity index (χ0v) is 16.7. The molecule has 2 aliphatic rings. The van der Waals surface area contributed by atoms with Crippen LogP contribution in [0.1, 0.15) is 19.4 Å². The van der Waals surface area contributed by atoms with E-state index in [2.05, 4.69) is 15.3 Å². The van der Waals surface area contributed by atoms with Gasteiger partial charge in [-0.2, -0.15) is 4.98 Å². The van der Waals surface area contributed by atoms with Gasteiger partial charge in [-0.05, 0) is 32.1 Å². The molecule has 0 radical (unpaired) electrons. The van der Waals surface area contributed by atoms with Gasteiger partial charge < -0.3 is 19.8 Å². The third-order valence-corrected chi connectivity index (χ3v) is 4.81. The molecule has 152 valence electrons. The molecule has 0 aliphatic carbocycles. The first-order chi connectivity index (χ1) is 14.0. The molecule has 1 aromatic carbocycles. The number of halogens is 1. The van der Waals surface area contributed by atoms with Gasteiger partial charge in [-0.15, -0.1) is 0 Å². The van der Waals surface area contributed by atoms with E-state index in [1.165, 1.54) is 13.2 Å². The lowest BCUT2D eigenvalue weighted by Gasteiger charge is -2.35. The number of nitrogens with one attached hydrogen (secondary N) is 1. The lowest BCUT2D eigenvalue weighted by atomic mass is 10.1. The van der Waals surface area contributed by atoms with E-state index in [-0.39, 0.29) is 18.0 Å². The molecule has 1 aromatic heterocycles. The van der Waals surface area contributed by atoms with Crippen LogP contribution in [0.3, 0.4) is 0 Å². The minimum Gasteiger partial charge on any atom is -0.497 e. The summed E-state index contributed by atoms with van der Waals surface area (Å²) >= 11 is 0. The van der Waals surface area contributed by atoms with Crippen molar-refractivity contribution in [3.8, 4) is 5.75 Å². The maximum atomic E-state index is 14.5. The van der Waals surface area contributed by atoms with Gasteiger partial charge in [0.2, 0.25) is 5.95 Å². The summed E-state index contributed by atoms with van der Waals surface area (Å²) in [4.78, 5) is 11.2. The average Bonchev–Trinajstić information content (AvgIpc) is 2.73. The molecule has 2 atom stereocenters. The van der Waals surface area contributed by atoms with Crippen molar-refractivity contribution in [1.29, 1.82) is 0 Å². The predicted molar refractivity (Wildman–Crippen MR) is 110 cm³/mol. The fourth-order valence-corrected chi connectivity index (χ4v) is 3.54. The Morgan fingerprint density at radius 1 is 1.21 bits per heavy atom. The van der Waals surface area contributed by atoms with Crippen molar-refractivity contribution in [2.24, 2.45) is 0 Å². The number of anilines is 2. The monoisotopic (exact) mass is 397 g/mol. The molecule has 3 heterocycles. The molecule has 2 aromatic rings. The molecule has 8 heteroatoms. The van der Waals surface area contributed by atoms with Gasteiger partial charge in [-0.3, -0.25) is 0 Å². The molecule has 0 unspecified atom stereocenters. The largest absolute Gasteiger partial charge is 0.497 e. The highest BCUT2D eigenvalue weighted by Gasteiger charge is 2.24. The van der Waals surface area contributed by atoms with Crippen LogP contribution in [-0.2, 0) is 4.74 Å². The Labute approximate surface area is 169 Å². The normalized spacial score (nSPS) is 21.6. The highest BCUT2D eigenvalue weighted by atomic mass is 19.1. The van der Waals surface area contributed by atoms with E-state index < -0.39 is 0 Å². The molecular weight excluding hydrogens is 373 g/mol. The van der Waals surface area contributed by atoms with Crippen LogP contribution in [0.15, 0.2) is 48.9 Å². The maximum absolute atomic E-state index is 14.5. The van der Waals surface area contributed by atoms with Crippen molar-refractivity contribution in [2.75, 3.05) is 30.1 Å². The summed E-state index contributed by atoms with van der Waals surface area (Å²) in [5.41, 5.74) is 4.33. The molecule has 1 fully saturated rings. The Morgan fingerprint density at radius 3 is 2.72 bits per heavy atom. The maximum Gasteiger partial charge on any atom is 0.227 e. The molecule has 0 amide bonds. The van der Waals surface area contributed by atoms with E-state index in [9.17, 15) is 4.39 Å². The topological polar surface area (TPSA) is 62.8 Å². The fourth-order valence-electron chi connectivity index (χ4n) is 3.54. The van der Waals surface area contributed by atoms with E-state index in [1.54, 1.807) is 29.5 Å². The zero-order chi connectivity index (χ0) is 20.4. The van der Waals surface area contributed by atoms with Crippen LogP contribution >= 0.6 is 0 Å². The average molecular weight is 397 g/mol. The number of methoxy groups -OCH3 is 1. The number of benzene rings is 1. The third-order valence-electron chi connectivity index (χ3n) is 4.81. The minimum atomic E-state index is -0.346. The zero-order valence-electron chi connectivity index (χ0n) is 16.7. The van der Waals surface area contributed by atoms with Gasteiger partial charge in [0.15, 0.2) is 5.82 Å². The number of morpholine rings is 1. The number of hydrazine groups is 1. The highest BCUT2D eigenvalue weighted by molar-refractivity contribution is 5.77. The predicted octanol–water partition coefficient (Wildman–Crippen LogP) is 3.12. The number of hydrogen-bond donors (Lipinski definition) is 1. The molecule has 1 N–H and O–H groups in total. The van der Waals surface area contributed by atoms with Gasteiger partial charge in [-0.1, -0.05) is 0 Å². The highest BCUT2D eigenvalue weighted by Crippen LogP contribution is 2.27. The summed E-state index contributed by atoms with van der Waals surface area (Å²) in [5, 5.41) is 1.75. The SMILES string of the molecule is COc1ccc(C2=CN(c3ccnc(N4C[C@@H](C)O[C@@H](C)C4)n3)NC=C2)c(F)c1.